The van der Waals surface area contributed by atoms with Crippen LogP contribution in [0.5, 0.6) is 0 Å². The molecule has 0 radical (unpaired) electrons. The number of hydrogen-bond donors (Lipinski definition) is 3. The summed E-state index contributed by atoms with van der Waals surface area (Å²) in [7, 11) is 0. The number of carbonyl (C=O) groups is 1. The summed E-state index contributed by atoms with van der Waals surface area (Å²) in [5.74, 6) is 0.873. The first-order valence-electron chi connectivity index (χ1n) is 6.88. The minimum atomic E-state index is -0.249. The number of rotatable bonds is 4. The van der Waals surface area contributed by atoms with E-state index < -0.39 is 0 Å². The van der Waals surface area contributed by atoms with Crippen molar-refractivity contribution in [2.45, 2.75) is 26.3 Å². The lowest BCUT2D eigenvalue weighted by Crippen LogP contribution is -2.40. The predicted octanol–water partition coefficient (Wildman–Crippen LogP) is 1.63. The second-order valence-electron chi connectivity index (χ2n) is 5.86. The molecule has 0 fully saturated rings. The predicted molar refractivity (Wildman–Crippen MR) is 82.5 cm³/mol. The summed E-state index contributed by atoms with van der Waals surface area (Å²) in [6, 6.07) is 7.52. The second kappa shape index (κ2) is 5.94. The summed E-state index contributed by atoms with van der Waals surface area (Å²) in [6.07, 6.45) is 0. The van der Waals surface area contributed by atoms with Gasteiger partial charge in [0.1, 0.15) is 5.84 Å². The molecular formula is C15H22N4O. The number of nitrogens with one attached hydrogen (secondary N) is 3. The Morgan fingerprint density at radius 1 is 1.35 bits per heavy atom. The smallest absolute Gasteiger partial charge is 0.253 e. The van der Waals surface area contributed by atoms with E-state index in [0.29, 0.717) is 12.1 Å². The summed E-state index contributed by atoms with van der Waals surface area (Å²) < 4.78 is 0. The van der Waals surface area contributed by atoms with Crippen LogP contribution in [0.15, 0.2) is 29.3 Å². The zero-order valence-corrected chi connectivity index (χ0v) is 12.3. The molecule has 20 heavy (non-hydrogen) atoms. The molecule has 1 aromatic rings. The standard InChI is InChI=1S/C15H22N4O/c1-15(2,3)19-14(20)11-6-4-5-7-12(11)18-10-13-16-8-9-17-13/h4-7,18H,8-10H2,1-3H3,(H,16,17)(H,19,20). The van der Waals surface area contributed by atoms with E-state index in [2.05, 4.69) is 20.9 Å². The molecule has 1 aromatic carbocycles. The Bertz CT molecular complexity index is 517. The van der Waals surface area contributed by atoms with Gasteiger partial charge in [0.05, 0.1) is 18.7 Å². The topological polar surface area (TPSA) is 65.5 Å². The second-order valence-corrected chi connectivity index (χ2v) is 5.86. The van der Waals surface area contributed by atoms with Crippen molar-refractivity contribution in [2.24, 2.45) is 4.99 Å². The van der Waals surface area contributed by atoms with E-state index in [-0.39, 0.29) is 11.4 Å². The molecule has 3 N–H and O–H groups in total. The van der Waals surface area contributed by atoms with Gasteiger partial charge in [-0.1, -0.05) is 12.1 Å². The molecule has 0 atom stereocenters. The Morgan fingerprint density at radius 2 is 2.10 bits per heavy atom. The first-order valence-corrected chi connectivity index (χ1v) is 6.88. The van der Waals surface area contributed by atoms with E-state index in [1.165, 1.54) is 0 Å². The van der Waals surface area contributed by atoms with Crippen LogP contribution in [0.25, 0.3) is 0 Å². The summed E-state index contributed by atoms with van der Waals surface area (Å²) in [6.45, 7) is 8.24. The number of aliphatic imine (C=N–C) groups is 1. The van der Waals surface area contributed by atoms with Gasteiger partial charge in [-0.05, 0) is 32.9 Å². The van der Waals surface area contributed by atoms with Gasteiger partial charge in [0.2, 0.25) is 0 Å². The third-order valence-electron chi connectivity index (χ3n) is 2.85. The molecule has 1 aliphatic heterocycles. The van der Waals surface area contributed by atoms with Gasteiger partial charge in [-0.3, -0.25) is 9.79 Å². The zero-order chi connectivity index (χ0) is 14.6. The number of amides is 1. The lowest BCUT2D eigenvalue weighted by Gasteiger charge is -2.21. The average molecular weight is 274 g/mol. The molecule has 0 bridgehead atoms. The van der Waals surface area contributed by atoms with Crippen molar-refractivity contribution in [3.05, 3.63) is 29.8 Å². The number of hydrogen-bond acceptors (Lipinski definition) is 4. The average Bonchev–Trinajstić information content (AvgIpc) is 2.87. The molecule has 1 heterocycles. The molecule has 1 aliphatic rings. The quantitative estimate of drug-likeness (QED) is 0.782. The van der Waals surface area contributed by atoms with Crippen molar-refractivity contribution >= 4 is 17.4 Å². The highest BCUT2D eigenvalue weighted by Crippen LogP contribution is 2.16. The first-order chi connectivity index (χ1) is 9.46. The fourth-order valence-electron chi connectivity index (χ4n) is 1.99. The van der Waals surface area contributed by atoms with Crippen LogP contribution in [-0.4, -0.2) is 36.9 Å². The Labute approximate surface area is 119 Å². The van der Waals surface area contributed by atoms with E-state index in [9.17, 15) is 4.79 Å². The maximum Gasteiger partial charge on any atom is 0.253 e. The van der Waals surface area contributed by atoms with Crippen molar-refractivity contribution in [1.82, 2.24) is 10.6 Å². The number of carbonyl (C=O) groups excluding carboxylic acids is 1. The SMILES string of the molecule is CC(C)(C)NC(=O)c1ccccc1NCC1=NCCN1. The molecule has 0 unspecified atom stereocenters. The van der Waals surface area contributed by atoms with Gasteiger partial charge in [0.25, 0.3) is 5.91 Å². The summed E-state index contributed by atoms with van der Waals surface area (Å²) >= 11 is 0. The van der Waals surface area contributed by atoms with Crippen LogP contribution < -0.4 is 16.0 Å². The fraction of sp³-hybridized carbons (Fsp3) is 0.467. The van der Waals surface area contributed by atoms with Gasteiger partial charge in [0.15, 0.2) is 0 Å². The Morgan fingerprint density at radius 3 is 2.75 bits per heavy atom. The first kappa shape index (κ1) is 14.4. The van der Waals surface area contributed by atoms with Crippen molar-refractivity contribution in [3.8, 4) is 0 Å². The molecule has 108 valence electrons. The third kappa shape index (κ3) is 3.98. The molecule has 2 rings (SSSR count). The lowest BCUT2D eigenvalue weighted by atomic mass is 10.1. The van der Waals surface area contributed by atoms with Crippen LogP contribution in [-0.2, 0) is 0 Å². The van der Waals surface area contributed by atoms with Gasteiger partial charge in [-0.2, -0.15) is 0 Å². The van der Waals surface area contributed by atoms with Crippen LogP contribution in [0.1, 0.15) is 31.1 Å². The summed E-state index contributed by atoms with van der Waals surface area (Å²) in [5.41, 5.74) is 1.23. The third-order valence-corrected chi connectivity index (χ3v) is 2.85. The van der Waals surface area contributed by atoms with Crippen LogP contribution in [0.3, 0.4) is 0 Å². The number of benzene rings is 1. The Kier molecular flexibility index (Phi) is 4.27. The molecule has 0 spiro atoms. The van der Waals surface area contributed by atoms with Crippen LogP contribution in [0.2, 0.25) is 0 Å². The highest BCUT2D eigenvalue weighted by Gasteiger charge is 2.17. The van der Waals surface area contributed by atoms with Gasteiger partial charge in [-0.15, -0.1) is 0 Å². The molecular weight excluding hydrogens is 252 g/mol. The van der Waals surface area contributed by atoms with Gasteiger partial charge in [0, 0.05) is 17.8 Å². The van der Waals surface area contributed by atoms with E-state index in [0.717, 1.165) is 24.6 Å². The highest BCUT2D eigenvalue weighted by molar-refractivity contribution is 6.00. The van der Waals surface area contributed by atoms with E-state index in [4.69, 9.17) is 0 Å². The van der Waals surface area contributed by atoms with Crippen LogP contribution >= 0.6 is 0 Å². The van der Waals surface area contributed by atoms with Gasteiger partial charge >= 0.3 is 0 Å². The van der Waals surface area contributed by atoms with E-state index in [1.807, 2.05) is 45.0 Å². The van der Waals surface area contributed by atoms with Crippen molar-refractivity contribution in [3.63, 3.8) is 0 Å². The number of anilines is 1. The largest absolute Gasteiger partial charge is 0.377 e. The maximum atomic E-state index is 12.3. The molecule has 5 heteroatoms. The number of para-hydroxylation sites is 1. The maximum absolute atomic E-state index is 12.3. The molecule has 0 aliphatic carbocycles. The van der Waals surface area contributed by atoms with Crippen molar-refractivity contribution < 1.29 is 4.79 Å². The monoisotopic (exact) mass is 274 g/mol. The minimum Gasteiger partial charge on any atom is -0.377 e. The number of nitrogens with zero attached hydrogens (tertiary/aromatic N) is 1. The van der Waals surface area contributed by atoms with E-state index in [1.54, 1.807) is 0 Å². The van der Waals surface area contributed by atoms with Gasteiger partial charge < -0.3 is 16.0 Å². The minimum absolute atomic E-state index is 0.0677. The lowest BCUT2D eigenvalue weighted by molar-refractivity contribution is 0.0920. The Balaban J connectivity index is 2.07. The molecule has 0 saturated heterocycles. The fourth-order valence-corrected chi connectivity index (χ4v) is 1.99. The molecule has 0 aromatic heterocycles. The Hall–Kier alpha value is -2.04. The summed E-state index contributed by atoms with van der Waals surface area (Å²) in [5, 5.41) is 9.45. The zero-order valence-electron chi connectivity index (χ0n) is 12.3. The molecule has 0 saturated carbocycles. The molecule has 1 amide bonds. The van der Waals surface area contributed by atoms with E-state index >= 15 is 0 Å². The molecule has 5 nitrogen and oxygen atoms in total. The van der Waals surface area contributed by atoms with Gasteiger partial charge in [-0.25, -0.2) is 0 Å². The van der Waals surface area contributed by atoms with Crippen LogP contribution in [0.4, 0.5) is 5.69 Å². The van der Waals surface area contributed by atoms with Crippen molar-refractivity contribution in [1.29, 1.82) is 0 Å². The van der Waals surface area contributed by atoms with Crippen molar-refractivity contribution in [2.75, 3.05) is 25.0 Å². The summed E-state index contributed by atoms with van der Waals surface area (Å²) in [4.78, 5) is 16.6. The highest BCUT2D eigenvalue weighted by atomic mass is 16.1. The number of amidine groups is 1. The van der Waals surface area contributed by atoms with Crippen LogP contribution in [0, 0.1) is 0 Å². The normalized spacial score (nSPS) is 14.4.